The number of H-pyrrole nitrogens is 1. The number of nitrogens with zero attached hydrogens (tertiary/aromatic N) is 3. The minimum atomic E-state index is -4.73. The van der Waals surface area contributed by atoms with Gasteiger partial charge in [0.1, 0.15) is 6.33 Å². The molecule has 0 atom stereocenters. The van der Waals surface area contributed by atoms with Crippen molar-refractivity contribution in [3.8, 4) is 6.01 Å². The van der Waals surface area contributed by atoms with Crippen LogP contribution in [0.4, 0.5) is 11.6 Å². The van der Waals surface area contributed by atoms with Gasteiger partial charge in [-0.25, -0.2) is 14.8 Å². The van der Waals surface area contributed by atoms with Gasteiger partial charge in [0.05, 0.1) is 5.56 Å². The van der Waals surface area contributed by atoms with E-state index in [-0.39, 0.29) is 11.5 Å². The molecule has 3 aromatic rings. The lowest BCUT2D eigenvalue weighted by Crippen LogP contribution is -2.10. The van der Waals surface area contributed by atoms with Gasteiger partial charge in [-0.1, -0.05) is 6.07 Å². The van der Waals surface area contributed by atoms with Crippen molar-refractivity contribution >= 4 is 28.0 Å². The predicted molar refractivity (Wildman–Crippen MR) is 91.7 cm³/mol. The van der Waals surface area contributed by atoms with Crippen molar-refractivity contribution in [1.82, 2.24) is 15.0 Å². The molecule has 1 aromatic carbocycles. The van der Waals surface area contributed by atoms with Gasteiger partial charge in [0.2, 0.25) is 5.95 Å². The van der Waals surface area contributed by atoms with E-state index >= 15 is 0 Å². The van der Waals surface area contributed by atoms with Crippen molar-refractivity contribution < 1.29 is 32.0 Å². The van der Waals surface area contributed by atoms with Gasteiger partial charge in [0.15, 0.2) is 12.4 Å². The van der Waals surface area contributed by atoms with Gasteiger partial charge in [0, 0.05) is 17.8 Å². The third-order valence-corrected chi connectivity index (χ3v) is 3.08. The number of hydrogen-bond acceptors (Lipinski definition) is 8. The van der Waals surface area contributed by atoms with E-state index < -0.39 is 22.4 Å². The summed E-state index contributed by atoms with van der Waals surface area (Å²) in [4.78, 5) is 24.3. The Labute approximate surface area is 153 Å². The molecule has 0 unspecified atom stereocenters. The normalized spacial score (nSPS) is 10.3. The number of nitrogens with one attached hydrogen (secondary N) is 2. The molecule has 4 N–H and O–H groups in total. The number of carboxylic acids is 1. The molecule has 0 saturated carbocycles. The largest absolute Gasteiger partial charge is 0.478 e. The smallest absolute Gasteiger partial charge is 0.449 e. The van der Waals surface area contributed by atoms with Gasteiger partial charge < -0.3 is 14.6 Å². The molecule has 2 heterocycles. The number of hydrogen-bond donors (Lipinski definition) is 3. The Morgan fingerprint density at radius 2 is 1.74 bits per heavy atom. The van der Waals surface area contributed by atoms with Crippen molar-refractivity contribution in [2.24, 2.45) is 0 Å². The summed E-state index contributed by atoms with van der Waals surface area (Å²) in [6.45, 7) is 0. The van der Waals surface area contributed by atoms with Crippen LogP contribution >= 0.6 is 0 Å². The fraction of sp³-hybridized carbons (Fsp3) is 0. The summed E-state index contributed by atoms with van der Waals surface area (Å²) in [5.74, 6) is -1.11. The molecule has 0 saturated heterocycles. The molecule has 0 bridgehead atoms. The zero-order valence-electron chi connectivity index (χ0n) is 13.6. The van der Waals surface area contributed by atoms with E-state index in [1.54, 1.807) is 0 Å². The Morgan fingerprint density at radius 1 is 1.07 bits per heavy atom. The van der Waals surface area contributed by atoms with Crippen LogP contribution in [-0.4, -0.2) is 39.0 Å². The van der Waals surface area contributed by atoms with Crippen LogP contribution in [0, 0.1) is 0 Å². The molecule has 27 heavy (non-hydrogen) atoms. The first-order valence-corrected chi connectivity index (χ1v) is 8.57. The predicted octanol–water partition coefficient (Wildman–Crippen LogP) is 0.996. The third kappa shape index (κ3) is 7.41. The van der Waals surface area contributed by atoms with Crippen LogP contribution in [-0.2, 0) is 10.4 Å². The lowest BCUT2D eigenvalue weighted by atomic mass is 10.2. The van der Waals surface area contributed by atoms with Crippen LogP contribution in [0.15, 0.2) is 61.2 Å². The Balaban J connectivity index is 0.000000369. The second-order valence-electron chi connectivity index (χ2n) is 4.69. The average Bonchev–Trinajstić information content (AvgIpc) is 2.63. The first kappa shape index (κ1) is 19.7. The number of aromatic nitrogens is 4. The first-order chi connectivity index (χ1) is 12.8. The van der Waals surface area contributed by atoms with Crippen LogP contribution in [0.3, 0.4) is 0 Å². The Morgan fingerprint density at radius 3 is 2.22 bits per heavy atom. The highest BCUT2D eigenvalue weighted by Crippen LogP contribution is 2.15. The topological polar surface area (TPSA) is 166 Å². The molecule has 0 aliphatic heterocycles. The Hall–Kier alpha value is -3.64. The van der Waals surface area contributed by atoms with Gasteiger partial charge in [0.25, 0.3) is 0 Å². The van der Waals surface area contributed by atoms with Gasteiger partial charge in [-0.3, -0.25) is 4.55 Å². The number of rotatable bonds is 5. The highest BCUT2D eigenvalue weighted by atomic mass is 32.3. The van der Waals surface area contributed by atoms with Gasteiger partial charge in [-0.2, -0.15) is 18.4 Å². The molecule has 0 radical (unpaired) electrons. The molecule has 0 aliphatic carbocycles. The first-order valence-electron chi connectivity index (χ1n) is 7.21. The van der Waals surface area contributed by atoms with E-state index in [4.69, 9.17) is 9.66 Å². The summed E-state index contributed by atoms with van der Waals surface area (Å²) in [5.41, 5.74) is 0.565. The van der Waals surface area contributed by atoms with Gasteiger partial charge in [-0.15, -0.1) is 0 Å². The number of aromatic carboxylic acids is 1. The number of pyridine rings is 1. The van der Waals surface area contributed by atoms with Crippen molar-refractivity contribution in [1.29, 1.82) is 0 Å². The number of carboxylic acid groups (broad SMARTS) is 1. The average molecular weight is 392 g/mol. The van der Waals surface area contributed by atoms with E-state index in [9.17, 15) is 13.2 Å². The minimum Gasteiger partial charge on any atom is -0.478 e. The lowest BCUT2D eigenvalue weighted by molar-refractivity contribution is -0.377. The maximum absolute atomic E-state index is 10.7. The second-order valence-corrected chi connectivity index (χ2v) is 5.71. The number of anilines is 2. The van der Waals surface area contributed by atoms with Crippen LogP contribution in [0.2, 0.25) is 0 Å². The third-order valence-electron chi connectivity index (χ3n) is 2.72. The number of benzene rings is 1. The summed E-state index contributed by atoms with van der Waals surface area (Å²) in [5, 5.41) is 11.4. The SMILES string of the molecule is O=C(O)c1ccc(Nc2ncnc(OS(=O)(=O)O)n2)cc1.c1cc[nH+]cc1. The number of aromatic amines is 1. The summed E-state index contributed by atoms with van der Waals surface area (Å²) >= 11 is 0. The van der Waals surface area contributed by atoms with E-state index in [0.29, 0.717) is 5.69 Å². The summed E-state index contributed by atoms with van der Waals surface area (Å²) < 4.78 is 33.6. The zero-order chi connectivity index (χ0) is 19.7. The molecule has 2 aromatic heterocycles. The van der Waals surface area contributed by atoms with Crippen molar-refractivity contribution in [3.63, 3.8) is 0 Å². The molecule has 0 fully saturated rings. The maximum Gasteiger partial charge on any atom is 0.449 e. The van der Waals surface area contributed by atoms with Crippen LogP contribution in [0.1, 0.15) is 10.4 Å². The highest BCUT2D eigenvalue weighted by Gasteiger charge is 2.11. The summed E-state index contributed by atoms with van der Waals surface area (Å²) in [6.07, 6.45) is 4.72. The van der Waals surface area contributed by atoms with Crippen LogP contribution in [0.25, 0.3) is 0 Å². The van der Waals surface area contributed by atoms with Gasteiger partial charge in [-0.05, 0) is 24.3 Å². The fourth-order valence-electron chi connectivity index (χ4n) is 1.64. The van der Waals surface area contributed by atoms with Crippen molar-refractivity contribution in [3.05, 3.63) is 66.7 Å². The highest BCUT2D eigenvalue weighted by molar-refractivity contribution is 7.81. The molecule has 0 spiro atoms. The van der Waals surface area contributed by atoms with Crippen molar-refractivity contribution in [2.45, 2.75) is 0 Å². The molecule has 12 heteroatoms. The Kier molecular flexibility index (Phi) is 6.68. The van der Waals surface area contributed by atoms with Crippen LogP contribution < -0.4 is 14.5 Å². The second kappa shape index (κ2) is 9.17. The zero-order valence-corrected chi connectivity index (χ0v) is 14.4. The Bertz CT molecular complexity index is 956. The van der Waals surface area contributed by atoms with E-state index in [0.717, 1.165) is 6.33 Å². The molecule has 0 amide bonds. The summed E-state index contributed by atoms with van der Waals surface area (Å²) in [7, 11) is -4.73. The molecular formula is C15H14N5O6S+. The molecule has 3 rings (SSSR count). The van der Waals surface area contributed by atoms with Gasteiger partial charge >= 0.3 is 22.4 Å². The van der Waals surface area contributed by atoms with E-state index in [2.05, 4.69) is 29.4 Å². The van der Waals surface area contributed by atoms with E-state index in [1.807, 2.05) is 30.6 Å². The molecule has 0 aliphatic rings. The molecule has 11 nitrogen and oxygen atoms in total. The number of carbonyl (C=O) groups is 1. The molecule has 140 valence electrons. The van der Waals surface area contributed by atoms with E-state index in [1.165, 1.54) is 24.3 Å². The fourth-order valence-corrected chi connectivity index (χ4v) is 1.91. The van der Waals surface area contributed by atoms with Crippen molar-refractivity contribution in [2.75, 3.05) is 5.32 Å². The standard InChI is InChI=1S/C10H8N4O6S.C5H5N/c15-8(16)6-1-3-7(4-2-6)13-9-11-5-12-10(14-9)20-21(17,18)19;1-2-4-6-5-3-1/h1-5H,(H,15,16)(H,17,18,19)(H,11,12,13,14);1-5H/p+1. The quantitative estimate of drug-likeness (QED) is 0.533. The monoisotopic (exact) mass is 392 g/mol. The molecular weight excluding hydrogens is 378 g/mol. The van der Waals surface area contributed by atoms with Crippen LogP contribution in [0.5, 0.6) is 6.01 Å². The minimum absolute atomic E-state index is 0.0493. The summed E-state index contributed by atoms with van der Waals surface area (Å²) in [6, 6.07) is 10.9. The lowest BCUT2D eigenvalue weighted by Gasteiger charge is -2.05. The maximum atomic E-state index is 10.7.